The maximum absolute atomic E-state index is 6.19. The lowest BCUT2D eigenvalue weighted by molar-refractivity contribution is 1.08. The minimum absolute atomic E-state index is 0.614. The molecule has 0 N–H and O–H groups in total. The Morgan fingerprint density at radius 2 is 1.05 bits per heavy atom. The summed E-state index contributed by atoms with van der Waals surface area (Å²) < 4.78 is 2.42. The van der Waals surface area contributed by atoms with Crippen molar-refractivity contribution in [3.05, 3.63) is 126 Å². The molecular formula is C33H20ClN3S. The maximum Gasteiger partial charge on any atom is 0.165 e. The van der Waals surface area contributed by atoms with Crippen molar-refractivity contribution in [1.29, 1.82) is 0 Å². The molecular weight excluding hydrogens is 506 g/mol. The van der Waals surface area contributed by atoms with Gasteiger partial charge in [0.1, 0.15) is 0 Å². The second kappa shape index (κ2) is 9.49. The predicted molar refractivity (Wildman–Crippen MR) is 159 cm³/mol. The minimum Gasteiger partial charge on any atom is -0.208 e. The van der Waals surface area contributed by atoms with Gasteiger partial charge in [-0.1, -0.05) is 96.5 Å². The summed E-state index contributed by atoms with van der Waals surface area (Å²) in [5.74, 6) is 1.90. The normalized spacial score (nSPS) is 11.3. The van der Waals surface area contributed by atoms with E-state index in [1.54, 1.807) is 11.3 Å². The first-order valence-electron chi connectivity index (χ1n) is 12.3. The first-order chi connectivity index (χ1) is 18.7. The van der Waals surface area contributed by atoms with Crippen LogP contribution < -0.4 is 0 Å². The second-order valence-corrected chi connectivity index (χ2v) is 10.5. The molecule has 0 spiro atoms. The molecule has 0 aliphatic rings. The molecule has 0 radical (unpaired) electrons. The van der Waals surface area contributed by atoms with E-state index in [1.807, 2.05) is 54.6 Å². The summed E-state index contributed by atoms with van der Waals surface area (Å²) in [5, 5.41) is 3.13. The van der Waals surface area contributed by atoms with Gasteiger partial charge in [0, 0.05) is 41.9 Å². The van der Waals surface area contributed by atoms with Crippen molar-refractivity contribution in [3.63, 3.8) is 0 Å². The van der Waals surface area contributed by atoms with Gasteiger partial charge in [0.25, 0.3) is 0 Å². The number of benzene rings is 5. The largest absolute Gasteiger partial charge is 0.208 e. The lowest BCUT2D eigenvalue weighted by atomic mass is 9.99. The first kappa shape index (κ1) is 22.8. The Morgan fingerprint density at radius 1 is 0.447 bits per heavy atom. The fourth-order valence-corrected chi connectivity index (χ4v) is 6.15. The van der Waals surface area contributed by atoms with Crippen molar-refractivity contribution in [1.82, 2.24) is 15.0 Å². The van der Waals surface area contributed by atoms with Gasteiger partial charge in [-0.2, -0.15) is 0 Å². The van der Waals surface area contributed by atoms with Gasteiger partial charge in [0.2, 0.25) is 0 Å². The zero-order chi connectivity index (χ0) is 25.5. The summed E-state index contributed by atoms with van der Waals surface area (Å²) in [4.78, 5) is 15.1. The topological polar surface area (TPSA) is 38.7 Å². The number of aromatic nitrogens is 3. The van der Waals surface area contributed by atoms with E-state index in [4.69, 9.17) is 26.6 Å². The number of nitrogens with zero attached hydrogens (tertiary/aromatic N) is 3. The lowest BCUT2D eigenvalue weighted by Crippen LogP contribution is -2.01. The Morgan fingerprint density at radius 3 is 1.87 bits per heavy atom. The summed E-state index contributed by atoms with van der Waals surface area (Å²) in [5.41, 5.74) is 5.04. The zero-order valence-electron chi connectivity index (χ0n) is 20.2. The highest BCUT2D eigenvalue weighted by molar-refractivity contribution is 7.26. The van der Waals surface area contributed by atoms with E-state index in [-0.39, 0.29) is 0 Å². The van der Waals surface area contributed by atoms with E-state index in [0.29, 0.717) is 22.5 Å². The van der Waals surface area contributed by atoms with Crippen molar-refractivity contribution in [2.45, 2.75) is 0 Å². The molecule has 180 valence electrons. The third-order valence-electron chi connectivity index (χ3n) is 6.64. The molecule has 0 aliphatic carbocycles. The fraction of sp³-hybridized carbons (Fsp3) is 0. The Hall–Kier alpha value is -4.38. The van der Waals surface area contributed by atoms with Crippen LogP contribution in [-0.2, 0) is 0 Å². The molecule has 0 unspecified atom stereocenters. The Balaban J connectivity index is 1.50. The van der Waals surface area contributed by atoms with Gasteiger partial charge in [-0.05, 0) is 47.5 Å². The van der Waals surface area contributed by atoms with Crippen molar-refractivity contribution in [3.8, 4) is 45.3 Å². The number of thiophene rings is 1. The summed E-state index contributed by atoms with van der Waals surface area (Å²) >= 11 is 7.96. The number of halogens is 1. The van der Waals surface area contributed by atoms with Crippen LogP contribution in [-0.4, -0.2) is 15.0 Å². The lowest BCUT2D eigenvalue weighted by Gasteiger charge is -2.12. The molecule has 0 amide bonds. The van der Waals surface area contributed by atoms with Crippen LogP contribution in [0.3, 0.4) is 0 Å². The zero-order valence-corrected chi connectivity index (χ0v) is 21.7. The van der Waals surface area contributed by atoms with E-state index in [1.165, 1.54) is 20.2 Å². The summed E-state index contributed by atoms with van der Waals surface area (Å²) in [7, 11) is 0. The molecule has 5 heteroatoms. The van der Waals surface area contributed by atoms with Gasteiger partial charge in [-0.3, -0.25) is 0 Å². The number of hydrogen-bond donors (Lipinski definition) is 0. The average molecular weight is 526 g/mol. The molecule has 2 aromatic heterocycles. The monoisotopic (exact) mass is 525 g/mol. The highest BCUT2D eigenvalue weighted by atomic mass is 35.5. The van der Waals surface area contributed by atoms with Crippen LogP contribution in [0.5, 0.6) is 0 Å². The van der Waals surface area contributed by atoms with E-state index in [9.17, 15) is 0 Å². The van der Waals surface area contributed by atoms with Gasteiger partial charge in [0.15, 0.2) is 17.5 Å². The van der Waals surface area contributed by atoms with Gasteiger partial charge in [0.05, 0.1) is 0 Å². The smallest absolute Gasteiger partial charge is 0.165 e. The van der Waals surface area contributed by atoms with Crippen LogP contribution in [0.2, 0.25) is 5.02 Å². The summed E-state index contributed by atoms with van der Waals surface area (Å²) in [6.07, 6.45) is 0. The molecule has 0 saturated carbocycles. The molecule has 0 aliphatic heterocycles. The van der Waals surface area contributed by atoms with E-state index in [0.717, 1.165) is 27.8 Å². The second-order valence-electron chi connectivity index (χ2n) is 9.01. The van der Waals surface area contributed by atoms with Gasteiger partial charge in [-0.25, -0.2) is 15.0 Å². The Labute approximate surface area is 229 Å². The maximum atomic E-state index is 6.19. The van der Waals surface area contributed by atoms with Crippen molar-refractivity contribution >= 4 is 43.1 Å². The molecule has 2 heterocycles. The molecule has 5 aromatic carbocycles. The molecule has 0 bridgehead atoms. The average Bonchev–Trinajstić information content (AvgIpc) is 3.37. The molecule has 0 fully saturated rings. The summed E-state index contributed by atoms with van der Waals surface area (Å²) in [6.45, 7) is 0. The first-order valence-corrected chi connectivity index (χ1v) is 13.5. The third kappa shape index (κ3) is 4.04. The van der Waals surface area contributed by atoms with E-state index in [2.05, 4.69) is 66.7 Å². The van der Waals surface area contributed by atoms with Crippen LogP contribution in [0.4, 0.5) is 0 Å². The van der Waals surface area contributed by atoms with Crippen LogP contribution in [0, 0.1) is 0 Å². The quantitative estimate of drug-likeness (QED) is 0.229. The Bertz CT molecular complexity index is 1930. The van der Waals surface area contributed by atoms with Crippen LogP contribution >= 0.6 is 22.9 Å². The number of hydrogen-bond acceptors (Lipinski definition) is 4. The number of fused-ring (bicyclic) bond motifs is 3. The van der Waals surface area contributed by atoms with Crippen molar-refractivity contribution in [2.75, 3.05) is 0 Å². The van der Waals surface area contributed by atoms with Crippen molar-refractivity contribution in [2.24, 2.45) is 0 Å². The SMILES string of the molecule is Clc1ccc(-c2nc(-c3ccccc3-c3ccccc3)nc(-c3cccc4c3sc3ccccc34)n2)cc1. The summed E-state index contributed by atoms with van der Waals surface area (Å²) in [6, 6.07) is 41.1. The molecule has 0 atom stereocenters. The van der Waals surface area contributed by atoms with Gasteiger partial charge in [-0.15, -0.1) is 11.3 Å². The Kier molecular flexibility index (Phi) is 5.69. The van der Waals surface area contributed by atoms with Crippen LogP contribution in [0.15, 0.2) is 121 Å². The molecule has 7 aromatic rings. The predicted octanol–water partition coefficient (Wildman–Crippen LogP) is 9.56. The van der Waals surface area contributed by atoms with Crippen LogP contribution in [0.25, 0.3) is 65.5 Å². The molecule has 0 saturated heterocycles. The van der Waals surface area contributed by atoms with E-state index >= 15 is 0 Å². The number of rotatable bonds is 4. The standard InChI is InChI=1S/C33H20ClN3S/c34-23-19-17-22(18-20-23)31-35-32(27-13-5-4-11-24(27)21-9-2-1-3-10-21)37-33(36-31)28-15-8-14-26-25-12-6-7-16-29(25)38-30(26)28/h1-20H. The minimum atomic E-state index is 0.614. The molecule has 3 nitrogen and oxygen atoms in total. The van der Waals surface area contributed by atoms with Gasteiger partial charge < -0.3 is 0 Å². The van der Waals surface area contributed by atoms with Crippen LogP contribution in [0.1, 0.15) is 0 Å². The highest BCUT2D eigenvalue weighted by Crippen LogP contribution is 2.40. The molecule has 38 heavy (non-hydrogen) atoms. The molecule has 7 rings (SSSR count). The highest BCUT2D eigenvalue weighted by Gasteiger charge is 2.18. The van der Waals surface area contributed by atoms with Crippen molar-refractivity contribution < 1.29 is 0 Å². The third-order valence-corrected chi connectivity index (χ3v) is 8.11. The van der Waals surface area contributed by atoms with Gasteiger partial charge >= 0.3 is 0 Å². The fourth-order valence-electron chi connectivity index (χ4n) is 4.82. The van der Waals surface area contributed by atoms with E-state index < -0.39 is 0 Å².